The Morgan fingerprint density at radius 3 is 1.34 bits per heavy atom. The van der Waals surface area contributed by atoms with Gasteiger partial charge in [-0.05, 0) is 30.9 Å². The Hall–Kier alpha value is -2.22. The van der Waals surface area contributed by atoms with E-state index in [1.807, 2.05) is 0 Å². The molecule has 0 saturated carbocycles. The van der Waals surface area contributed by atoms with E-state index in [9.17, 15) is 0 Å². The van der Waals surface area contributed by atoms with Gasteiger partial charge in [0.25, 0.3) is 0 Å². The largest absolute Gasteiger partial charge is 0.492 e. The maximum Gasteiger partial charge on any atom is 0.135 e. The molecular formula is C36H54O2. The van der Waals surface area contributed by atoms with E-state index in [1.165, 1.54) is 117 Å². The Balaban J connectivity index is 1.66. The second kappa shape index (κ2) is 18.1. The standard InChI is InChI=1S/C36H54O2/c1-4-7-9-11-13-15-17-21-27-37-35-31-23-19-20-24-32(31)36(34-29-30(6-3)25-26-33(34)35)38-28-22-18-16-14-12-10-8-5-2/h19-20,23-26,29H,4-18,21-22,27-28H2,1-3H3. The van der Waals surface area contributed by atoms with Crippen LogP contribution in [-0.2, 0) is 6.42 Å². The molecule has 3 rings (SSSR count). The number of hydrogen-bond acceptors (Lipinski definition) is 2. The van der Waals surface area contributed by atoms with Crippen molar-refractivity contribution in [1.29, 1.82) is 0 Å². The highest BCUT2D eigenvalue weighted by Gasteiger charge is 2.16. The molecule has 3 aromatic rings. The predicted octanol–water partition coefficient (Wildman–Crippen LogP) is 11.6. The molecule has 0 amide bonds. The molecule has 0 aliphatic rings. The van der Waals surface area contributed by atoms with Crippen LogP contribution in [0.5, 0.6) is 11.5 Å². The van der Waals surface area contributed by atoms with Crippen molar-refractivity contribution in [2.24, 2.45) is 0 Å². The zero-order chi connectivity index (χ0) is 26.8. The van der Waals surface area contributed by atoms with Crippen LogP contribution in [0, 0.1) is 0 Å². The molecule has 0 fully saturated rings. The minimum atomic E-state index is 0.780. The van der Waals surface area contributed by atoms with Crippen molar-refractivity contribution in [1.82, 2.24) is 0 Å². The molecule has 3 aromatic carbocycles. The molecule has 2 nitrogen and oxygen atoms in total. The third-order valence-electron chi connectivity index (χ3n) is 7.89. The summed E-state index contributed by atoms with van der Waals surface area (Å²) in [5.41, 5.74) is 1.35. The van der Waals surface area contributed by atoms with Crippen LogP contribution in [0.3, 0.4) is 0 Å². The predicted molar refractivity (Wildman–Crippen MR) is 167 cm³/mol. The molecular weight excluding hydrogens is 464 g/mol. The van der Waals surface area contributed by atoms with Crippen molar-refractivity contribution in [2.75, 3.05) is 13.2 Å². The molecule has 0 heterocycles. The Morgan fingerprint density at radius 1 is 0.447 bits per heavy atom. The average Bonchev–Trinajstić information content (AvgIpc) is 2.95. The summed E-state index contributed by atoms with van der Waals surface area (Å²) in [5.74, 6) is 2.06. The SMILES string of the molecule is CCCCCCCCCCOc1c2ccccc2c(OCCCCCCCCCC)c2cc(CC)ccc12. The van der Waals surface area contributed by atoms with Gasteiger partial charge in [-0.1, -0.05) is 147 Å². The van der Waals surface area contributed by atoms with Gasteiger partial charge in [-0.2, -0.15) is 0 Å². The van der Waals surface area contributed by atoms with Gasteiger partial charge in [0.2, 0.25) is 0 Å². The normalized spacial score (nSPS) is 11.4. The molecule has 0 spiro atoms. The van der Waals surface area contributed by atoms with Crippen molar-refractivity contribution >= 4 is 21.5 Å². The quantitative estimate of drug-likeness (QED) is 0.103. The molecule has 0 atom stereocenters. The van der Waals surface area contributed by atoms with Gasteiger partial charge in [0.15, 0.2) is 0 Å². The minimum absolute atomic E-state index is 0.780. The van der Waals surface area contributed by atoms with Gasteiger partial charge in [-0.25, -0.2) is 0 Å². The molecule has 0 saturated heterocycles. The number of aryl methyl sites for hydroxylation is 1. The summed E-state index contributed by atoms with van der Waals surface area (Å²) < 4.78 is 13.1. The molecule has 0 aliphatic heterocycles. The van der Waals surface area contributed by atoms with E-state index in [4.69, 9.17) is 9.47 Å². The van der Waals surface area contributed by atoms with Crippen LogP contribution in [0.15, 0.2) is 42.5 Å². The summed E-state index contributed by atoms with van der Waals surface area (Å²) in [6, 6.07) is 15.5. The maximum absolute atomic E-state index is 6.57. The van der Waals surface area contributed by atoms with Crippen molar-refractivity contribution in [3.63, 3.8) is 0 Å². The van der Waals surface area contributed by atoms with Crippen LogP contribution in [0.25, 0.3) is 21.5 Å². The highest BCUT2D eigenvalue weighted by atomic mass is 16.5. The molecule has 0 unspecified atom stereocenters. The van der Waals surface area contributed by atoms with Crippen LogP contribution in [-0.4, -0.2) is 13.2 Å². The molecule has 2 heteroatoms. The number of rotatable bonds is 21. The summed E-state index contributed by atoms with van der Waals surface area (Å²) >= 11 is 0. The third-order valence-corrected chi connectivity index (χ3v) is 7.89. The van der Waals surface area contributed by atoms with Gasteiger partial charge in [-0.3, -0.25) is 0 Å². The van der Waals surface area contributed by atoms with E-state index in [-0.39, 0.29) is 0 Å². The lowest BCUT2D eigenvalue weighted by Gasteiger charge is -2.18. The topological polar surface area (TPSA) is 18.5 Å². The van der Waals surface area contributed by atoms with Gasteiger partial charge in [0, 0.05) is 21.5 Å². The lowest BCUT2D eigenvalue weighted by Crippen LogP contribution is -2.03. The molecule has 210 valence electrons. The molecule has 0 radical (unpaired) electrons. The van der Waals surface area contributed by atoms with Gasteiger partial charge in [0.05, 0.1) is 13.2 Å². The minimum Gasteiger partial charge on any atom is -0.492 e. The third kappa shape index (κ3) is 9.51. The van der Waals surface area contributed by atoms with Gasteiger partial charge in [0.1, 0.15) is 11.5 Å². The van der Waals surface area contributed by atoms with Gasteiger partial charge in [-0.15, -0.1) is 0 Å². The van der Waals surface area contributed by atoms with Crippen molar-refractivity contribution in [2.45, 2.75) is 130 Å². The van der Waals surface area contributed by atoms with Crippen LogP contribution in [0.1, 0.15) is 129 Å². The number of unbranched alkanes of at least 4 members (excludes halogenated alkanes) is 14. The number of ether oxygens (including phenoxy) is 2. The monoisotopic (exact) mass is 518 g/mol. The molecule has 0 bridgehead atoms. The Kier molecular flexibility index (Phi) is 14.5. The summed E-state index contributed by atoms with van der Waals surface area (Å²) in [6.07, 6.45) is 22.0. The fourth-order valence-electron chi connectivity index (χ4n) is 5.50. The Labute approximate surface area is 233 Å². The zero-order valence-corrected chi connectivity index (χ0v) is 24.8. The summed E-state index contributed by atoms with van der Waals surface area (Å²) in [4.78, 5) is 0. The second-order valence-electron chi connectivity index (χ2n) is 11.1. The fraction of sp³-hybridized carbons (Fsp3) is 0.611. The summed E-state index contributed by atoms with van der Waals surface area (Å²) in [7, 11) is 0. The van der Waals surface area contributed by atoms with Crippen LogP contribution < -0.4 is 9.47 Å². The number of fused-ring (bicyclic) bond motifs is 2. The lowest BCUT2D eigenvalue weighted by molar-refractivity contribution is 0.306. The van der Waals surface area contributed by atoms with E-state index in [0.29, 0.717) is 0 Å². The Bertz CT molecular complexity index is 1050. The number of hydrogen-bond donors (Lipinski definition) is 0. The Morgan fingerprint density at radius 2 is 0.868 bits per heavy atom. The van der Waals surface area contributed by atoms with Crippen molar-refractivity contribution in [3.05, 3.63) is 48.0 Å². The van der Waals surface area contributed by atoms with Crippen molar-refractivity contribution in [3.8, 4) is 11.5 Å². The van der Waals surface area contributed by atoms with E-state index in [1.54, 1.807) is 0 Å². The van der Waals surface area contributed by atoms with E-state index >= 15 is 0 Å². The second-order valence-corrected chi connectivity index (χ2v) is 11.1. The molecule has 0 aliphatic carbocycles. The van der Waals surface area contributed by atoms with Crippen LogP contribution >= 0.6 is 0 Å². The smallest absolute Gasteiger partial charge is 0.135 e. The van der Waals surface area contributed by atoms with E-state index in [2.05, 4.69) is 63.2 Å². The first-order chi connectivity index (χ1) is 18.8. The first-order valence-electron chi connectivity index (χ1n) is 16.0. The van der Waals surface area contributed by atoms with Gasteiger partial charge < -0.3 is 9.47 Å². The first-order valence-corrected chi connectivity index (χ1v) is 16.0. The lowest BCUT2D eigenvalue weighted by atomic mass is 9.98. The van der Waals surface area contributed by atoms with Gasteiger partial charge >= 0.3 is 0 Å². The number of benzene rings is 3. The highest BCUT2D eigenvalue weighted by Crippen LogP contribution is 2.43. The average molecular weight is 519 g/mol. The zero-order valence-electron chi connectivity index (χ0n) is 24.8. The molecule has 38 heavy (non-hydrogen) atoms. The van der Waals surface area contributed by atoms with Crippen molar-refractivity contribution < 1.29 is 9.47 Å². The summed E-state index contributed by atoms with van der Waals surface area (Å²) in [6.45, 7) is 8.35. The first kappa shape index (κ1) is 30.3. The fourth-order valence-corrected chi connectivity index (χ4v) is 5.50. The van der Waals surface area contributed by atoms with E-state index in [0.717, 1.165) is 44.0 Å². The molecule has 0 N–H and O–H groups in total. The van der Waals surface area contributed by atoms with E-state index < -0.39 is 0 Å². The highest BCUT2D eigenvalue weighted by molar-refractivity contribution is 6.11. The van der Waals surface area contributed by atoms with Crippen LogP contribution in [0.2, 0.25) is 0 Å². The maximum atomic E-state index is 6.57. The summed E-state index contributed by atoms with van der Waals surface area (Å²) in [5, 5.41) is 4.74. The van der Waals surface area contributed by atoms with Crippen LogP contribution in [0.4, 0.5) is 0 Å². The molecule has 0 aromatic heterocycles.